The maximum atomic E-state index is 13.9. The van der Waals surface area contributed by atoms with Crippen LogP contribution >= 0.6 is 0 Å². The molecular weight excluding hydrogens is 720 g/mol. The van der Waals surface area contributed by atoms with Gasteiger partial charge in [0.05, 0.1) is 24.3 Å². The molecule has 2 aromatic rings. The fraction of sp³-hybridized carbons (Fsp3) is 0.535. The highest BCUT2D eigenvalue weighted by atomic mass is 16.8. The molecule has 0 spiro atoms. The first kappa shape index (κ1) is 41.1. The Balaban J connectivity index is 1.17. The Morgan fingerprint density at radius 3 is 2.30 bits per heavy atom. The molecule has 13 nitrogen and oxygen atoms in total. The van der Waals surface area contributed by atoms with E-state index in [9.17, 15) is 34.5 Å². The standard InChI is InChI=1S/C43H54N2O11/c1-25(47)37(40(51)44-31(24-46)20-21-36(49)55-42(2,3)4)45-39(50)28-22-34(38-35(23-28)54-43(56-38,29-16-17-29)30-18-19-30)53-41(52)32-14-7-5-10-26(32)12-9-13-27-11-6-8-15-33(27)48/h5-12,14-15,23,25,29-31,34-35,37-38,46-48H,13,16-22,24H2,1-4H3,(H,44,51)(H,45,50)/t25-,31-,34+,35+,37+,38-/m0/s1. The number of hydrogen-bond acceptors (Lipinski definition) is 11. The molecule has 2 amide bonds. The number of phenolic OH excluding ortho intramolecular Hbond substituents is 1. The van der Waals surface area contributed by atoms with E-state index in [0.29, 0.717) is 17.5 Å². The summed E-state index contributed by atoms with van der Waals surface area (Å²) in [7, 11) is 0. The molecule has 302 valence electrons. The summed E-state index contributed by atoms with van der Waals surface area (Å²) in [6.07, 6.45) is 5.94. The van der Waals surface area contributed by atoms with Crippen molar-refractivity contribution in [3.8, 4) is 5.75 Å². The summed E-state index contributed by atoms with van der Waals surface area (Å²) < 4.78 is 24.9. The van der Waals surface area contributed by atoms with Crippen LogP contribution in [0.25, 0.3) is 6.08 Å². The third kappa shape index (κ3) is 10.0. The molecule has 0 radical (unpaired) electrons. The van der Waals surface area contributed by atoms with Crippen LogP contribution in [0.3, 0.4) is 0 Å². The average molecular weight is 775 g/mol. The number of carbonyl (C=O) groups is 4. The first-order chi connectivity index (χ1) is 26.7. The molecule has 1 saturated heterocycles. The zero-order valence-corrected chi connectivity index (χ0v) is 32.4. The van der Waals surface area contributed by atoms with Crippen LogP contribution in [0.2, 0.25) is 0 Å². The van der Waals surface area contributed by atoms with Gasteiger partial charge < -0.3 is 44.9 Å². The summed E-state index contributed by atoms with van der Waals surface area (Å²) in [4.78, 5) is 53.5. The summed E-state index contributed by atoms with van der Waals surface area (Å²) >= 11 is 0. The Bertz CT molecular complexity index is 1810. The lowest BCUT2D eigenvalue weighted by Gasteiger charge is -2.32. The van der Waals surface area contributed by atoms with Crippen molar-refractivity contribution in [3.05, 3.63) is 82.9 Å². The number of aromatic hydroxyl groups is 1. The van der Waals surface area contributed by atoms with E-state index >= 15 is 0 Å². The summed E-state index contributed by atoms with van der Waals surface area (Å²) in [5.74, 6) is -2.74. The number of allylic oxidation sites excluding steroid dienone is 1. The average Bonchev–Trinajstić information content (AvgIpc) is 4.10. The van der Waals surface area contributed by atoms with Gasteiger partial charge in [0.25, 0.3) is 0 Å². The molecule has 0 bridgehead atoms. The minimum atomic E-state index is -1.41. The zero-order valence-electron chi connectivity index (χ0n) is 32.4. The Morgan fingerprint density at radius 1 is 0.982 bits per heavy atom. The van der Waals surface area contributed by atoms with Gasteiger partial charge in [0, 0.05) is 30.3 Å². The predicted octanol–water partition coefficient (Wildman–Crippen LogP) is 4.27. The molecule has 3 fully saturated rings. The number of para-hydroxylation sites is 1. The first-order valence-corrected chi connectivity index (χ1v) is 19.6. The largest absolute Gasteiger partial charge is 0.508 e. The van der Waals surface area contributed by atoms with Crippen LogP contribution in [0.15, 0.2) is 66.3 Å². The van der Waals surface area contributed by atoms with Crippen LogP contribution in [-0.2, 0) is 39.8 Å². The van der Waals surface area contributed by atoms with E-state index in [2.05, 4.69) is 10.6 Å². The monoisotopic (exact) mass is 774 g/mol. The van der Waals surface area contributed by atoms with Crippen molar-refractivity contribution in [2.45, 2.75) is 127 Å². The Morgan fingerprint density at radius 2 is 1.66 bits per heavy atom. The molecule has 5 N–H and O–H groups in total. The van der Waals surface area contributed by atoms with E-state index in [4.69, 9.17) is 18.9 Å². The second-order valence-electron chi connectivity index (χ2n) is 16.3. The highest BCUT2D eigenvalue weighted by molar-refractivity contribution is 5.98. The van der Waals surface area contributed by atoms with Gasteiger partial charge in [-0.3, -0.25) is 14.4 Å². The molecule has 0 unspecified atom stereocenters. The smallest absolute Gasteiger partial charge is 0.339 e. The van der Waals surface area contributed by atoms with Crippen LogP contribution in [0.5, 0.6) is 5.75 Å². The first-order valence-electron chi connectivity index (χ1n) is 19.6. The van der Waals surface area contributed by atoms with E-state index in [0.717, 1.165) is 31.2 Å². The van der Waals surface area contributed by atoms with Gasteiger partial charge >= 0.3 is 11.9 Å². The number of esters is 2. The molecule has 4 aliphatic rings. The number of phenols is 1. The maximum Gasteiger partial charge on any atom is 0.339 e. The molecule has 1 aliphatic heterocycles. The van der Waals surface area contributed by atoms with Gasteiger partial charge in [-0.2, -0.15) is 0 Å². The number of aliphatic hydroxyl groups is 2. The lowest BCUT2D eigenvalue weighted by Crippen LogP contribution is -2.55. The number of ether oxygens (including phenoxy) is 4. The van der Waals surface area contributed by atoms with E-state index in [-0.39, 0.29) is 42.4 Å². The van der Waals surface area contributed by atoms with E-state index in [1.54, 1.807) is 63.3 Å². The molecule has 0 aromatic heterocycles. The Labute approximate surface area is 327 Å². The Kier molecular flexibility index (Phi) is 12.7. The summed E-state index contributed by atoms with van der Waals surface area (Å²) in [5.41, 5.74) is 1.17. The maximum absolute atomic E-state index is 13.9. The third-order valence-electron chi connectivity index (χ3n) is 10.5. The fourth-order valence-corrected chi connectivity index (χ4v) is 7.42. The summed E-state index contributed by atoms with van der Waals surface area (Å²) in [6, 6.07) is 11.8. The van der Waals surface area contributed by atoms with Crippen molar-refractivity contribution in [1.29, 1.82) is 0 Å². The summed E-state index contributed by atoms with van der Waals surface area (Å²) in [5, 5.41) is 36.0. The normalized spacial score (nSPS) is 23.3. The van der Waals surface area contributed by atoms with Crippen LogP contribution in [0, 0.1) is 11.8 Å². The summed E-state index contributed by atoms with van der Waals surface area (Å²) in [6.45, 7) is 6.10. The number of fused-ring (bicyclic) bond motifs is 1. The molecule has 1 heterocycles. The second-order valence-corrected chi connectivity index (χ2v) is 16.3. The molecule has 56 heavy (non-hydrogen) atoms. The number of carbonyl (C=O) groups excluding carboxylic acids is 4. The zero-order chi connectivity index (χ0) is 40.2. The van der Waals surface area contributed by atoms with Crippen LogP contribution in [0.4, 0.5) is 0 Å². The van der Waals surface area contributed by atoms with Crippen LogP contribution in [0.1, 0.15) is 94.1 Å². The SMILES string of the molecule is C[C@H](O)[C@@H](NC(=O)C1=C[C@H]2OC(C3CC3)(C3CC3)O[C@H]2[C@H](OC(=O)c2ccccc2C=CCc2ccccc2O)C1)C(=O)N[C@H](CO)CCC(=O)OC(C)(C)C. The van der Waals surface area contributed by atoms with Crippen molar-refractivity contribution in [2.75, 3.05) is 6.61 Å². The molecule has 2 aromatic carbocycles. The minimum absolute atomic E-state index is 0.0396. The van der Waals surface area contributed by atoms with Gasteiger partial charge in [-0.05, 0) is 95.6 Å². The number of rotatable bonds is 16. The highest BCUT2D eigenvalue weighted by Gasteiger charge is 2.64. The van der Waals surface area contributed by atoms with Crippen LogP contribution < -0.4 is 10.6 Å². The third-order valence-corrected chi connectivity index (χ3v) is 10.5. The molecular formula is C43H54N2O11. The van der Waals surface area contributed by atoms with Gasteiger partial charge in [0.15, 0.2) is 5.79 Å². The lowest BCUT2D eigenvalue weighted by molar-refractivity contribution is -0.209. The van der Waals surface area contributed by atoms with Crippen molar-refractivity contribution >= 4 is 29.8 Å². The number of hydrogen-bond donors (Lipinski definition) is 5. The van der Waals surface area contributed by atoms with Crippen LogP contribution in [-0.4, -0.2) is 93.6 Å². The fourth-order valence-electron chi connectivity index (χ4n) is 7.42. The second kappa shape index (κ2) is 17.3. The van der Waals surface area contributed by atoms with Crippen molar-refractivity contribution in [3.63, 3.8) is 0 Å². The number of amides is 2. The van der Waals surface area contributed by atoms with Gasteiger partial charge in [-0.25, -0.2) is 4.79 Å². The van der Waals surface area contributed by atoms with E-state index in [1.165, 1.54) is 6.92 Å². The number of nitrogens with one attached hydrogen (secondary N) is 2. The molecule has 6 atom stereocenters. The molecule has 6 rings (SSSR count). The van der Waals surface area contributed by atoms with Crippen molar-refractivity contribution in [2.24, 2.45) is 11.8 Å². The topological polar surface area (TPSA) is 190 Å². The van der Waals surface area contributed by atoms with Crippen molar-refractivity contribution < 1.29 is 53.4 Å². The Hall–Kier alpha value is -4.56. The number of aliphatic hydroxyl groups excluding tert-OH is 2. The van der Waals surface area contributed by atoms with E-state index < -0.39 is 78.2 Å². The molecule has 2 saturated carbocycles. The van der Waals surface area contributed by atoms with Gasteiger partial charge in [0.2, 0.25) is 11.8 Å². The van der Waals surface area contributed by atoms with Gasteiger partial charge in [0.1, 0.15) is 35.7 Å². The van der Waals surface area contributed by atoms with Crippen molar-refractivity contribution in [1.82, 2.24) is 10.6 Å². The molecule has 3 aliphatic carbocycles. The number of benzene rings is 2. The van der Waals surface area contributed by atoms with Gasteiger partial charge in [-0.1, -0.05) is 48.6 Å². The van der Waals surface area contributed by atoms with E-state index in [1.807, 2.05) is 24.3 Å². The minimum Gasteiger partial charge on any atom is -0.508 e. The predicted molar refractivity (Wildman–Crippen MR) is 205 cm³/mol. The van der Waals surface area contributed by atoms with Gasteiger partial charge in [-0.15, -0.1) is 0 Å². The molecule has 13 heteroatoms. The quantitative estimate of drug-likeness (QED) is 0.153. The lowest BCUT2D eigenvalue weighted by atomic mass is 9.91. The highest BCUT2D eigenvalue weighted by Crippen LogP contribution is 2.59.